The van der Waals surface area contributed by atoms with E-state index in [2.05, 4.69) is 10.1 Å². The van der Waals surface area contributed by atoms with Gasteiger partial charge < -0.3 is 5.11 Å². The summed E-state index contributed by atoms with van der Waals surface area (Å²) in [5.74, 6) is -0.365. The van der Waals surface area contributed by atoms with Crippen LogP contribution in [0.4, 0.5) is 4.39 Å². The van der Waals surface area contributed by atoms with Crippen LogP contribution in [-0.4, -0.2) is 19.9 Å². The number of pyridine rings is 1. The Kier molecular flexibility index (Phi) is 4.16. The van der Waals surface area contributed by atoms with Crippen molar-refractivity contribution in [1.82, 2.24) is 14.8 Å². The Balaban J connectivity index is 2.32. The maximum Gasteiger partial charge on any atom is 0.283 e. The number of aliphatic hydroxyl groups is 1. The number of halogens is 1. The van der Waals surface area contributed by atoms with Gasteiger partial charge in [-0.05, 0) is 41.7 Å². The van der Waals surface area contributed by atoms with Crippen LogP contribution in [0.3, 0.4) is 0 Å². The molecule has 0 radical (unpaired) electrons. The lowest BCUT2D eigenvalue weighted by molar-refractivity contribution is 0.280. The van der Waals surface area contributed by atoms with Gasteiger partial charge in [0.2, 0.25) is 0 Å². The molecule has 0 aliphatic carbocycles. The minimum Gasteiger partial charge on any atom is -0.392 e. The first-order valence-corrected chi connectivity index (χ1v) is 8.02. The molecule has 0 aliphatic rings. The van der Waals surface area contributed by atoms with Crippen molar-refractivity contribution in [2.45, 2.75) is 39.7 Å². The molecule has 0 fully saturated rings. The van der Waals surface area contributed by atoms with Gasteiger partial charge in [-0.15, -0.1) is 0 Å². The lowest BCUT2D eigenvalue weighted by Gasteiger charge is -2.20. The van der Waals surface area contributed by atoms with Gasteiger partial charge in [0.05, 0.1) is 18.2 Å². The van der Waals surface area contributed by atoms with Crippen LogP contribution in [-0.2, 0) is 12.0 Å². The fourth-order valence-electron chi connectivity index (χ4n) is 2.77. The lowest BCUT2D eigenvalue weighted by Crippen LogP contribution is -2.25. The molecule has 0 aliphatic heterocycles. The van der Waals surface area contributed by atoms with E-state index in [0.717, 1.165) is 15.8 Å². The van der Waals surface area contributed by atoms with E-state index in [-0.39, 0.29) is 23.2 Å². The van der Waals surface area contributed by atoms with E-state index in [9.17, 15) is 14.3 Å². The minimum atomic E-state index is -0.594. The average Bonchev–Trinajstić information content (AvgIpc) is 2.53. The van der Waals surface area contributed by atoms with E-state index < -0.39 is 11.4 Å². The minimum absolute atomic E-state index is 0.0322. The summed E-state index contributed by atoms with van der Waals surface area (Å²) in [6.45, 7) is 7.46. The van der Waals surface area contributed by atoms with Crippen molar-refractivity contribution in [3.63, 3.8) is 0 Å². The third-order valence-electron chi connectivity index (χ3n) is 4.33. The van der Waals surface area contributed by atoms with Gasteiger partial charge in [-0.2, -0.15) is 9.78 Å². The zero-order valence-corrected chi connectivity index (χ0v) is 14.7. The Morgan fingerprint density at radius 2 is 2.00 bits per heavy atom. The number of aliphatic hydroxyl groups excluding tert-OH is 1. The van der Waals surface area contributed by atoms with Crippen molar-refractivity contribution in [1.29, 1.82) is 0 Å². The first-order chi connectivity index (χ1) is 11.7. The van der Waals surface area contributed by atoms with Gasteiger partial charge in [0.15, 0.2) is 5.82 Å². The number of benzene rings is 1. The smallest absolute Gasteiger partial charge is 0.283 e. The lowest BCUT2D eigenvalue weighted by atomic mass is 9.86. The molecule has 0 atom stereocenters. The van der Waals surface area contributed by atoms with Gasteiger partial charge in [-0.25, -0.2) is 9.37 Å². The summed E-state index contributed by atoms with van der Waals surface area (Å²) in [6.07, 6.45) is 2.99. The van der Waals surface area contributed by atoms with Crippen LogP contribution in [0.15, 0.2) is 35.4 Å². The molecule has 6 heteroatoms. The Morgan fingerprint density at radius 1 is 1.28 bits per heavy atom. The summed E-state index contributed by atoms with van der Waals surface area (Å²) < 4.78 is 15.7. The molecule has 2 heterocycles. The topological polar surface area (TPSA) is 68.0 Å². The first kappa shape index (κ1) is 17.2. The third kappa shape index (κ3) is 2.93. The zero-order valence-electron chi connectivity index (χ0n) is 14.7. The summed E-state index contributed by atoms with van der Waals surface area (Å²) >= 11 is 0. The molecule has 0 unspecified atom stereocenters. The van der Waals surface area contributed by atoms with Crippen molar-refractivity contribution in [3.8, 4) is 5.82 Å². The summed E-state index contributed by atoms with van der Waals surface area (Å²) in [6, 6.07) is 4.91. The number of hydrogen-bond acceptors (Lipinski definition) is 4. The second-order valence-corrected chi connectivity index (χ2v) is 7.12. The number of rotatable bonds is 2. The second-order valence-electron chi connectivity index (χ2n) is 7.12. The summed E-state index contributed by atoms with van der Waals surface area (Å²) in [4.78, 5) is 17.0. The van der Waals surface area contributed by atoms with Crippen LogP contribution < -0.4 is 5.56 Å². The first-order valence-electron chi connectivity index (χ1n) is 8.02. The third-order valence-corrected chi connectivity index (χ3v) is 4.33. The molecule has 130 valence electrons. The highest BCUT2D eigenvalue weighted by atomic mass is 19.1. The SMILES string of the molecule is Cc1ccnc(-n2ncc3cc(C(C)(C)C)cc(F)c3c2=O)c1CO. The number of nitrogens with zero attached hydrogens (tertiary/aromatic N) is 3. The number of aromatic nitrogens is 3. The molecule has 1 aromatic carbocycles. The second kappa shape index (κ2) is 6.04. The van der Waals surface area contributed by atoms with Gasteiger partial charge in [0.1, 0.15) is 5.82 Å². The Morgan fingerprint density at radius 3 is 2.64 bits per heavy atom. The highest BCUT2D eigenvalue weighted by Crippen LogP contribution is 2.27. The van der Waals surface area contributed by atoms with Gasteiger partial charge in [-0.3, -0.25) is 4.79 Å². The molecule has 0 amide bonds. The van der Waals surface area contributed by atoms with E-state index in [1.54, 1.807) is 19.1 Å². The van der Waals surface area contributed by atoms with E-state index in [0.29, 0.717) is 10.9 Å². The molecule has 1 N–H and O–H groups in total. The quantitative estimate of drug-likeness (QED) is 0.778. The normalized spacial score (nSPS) is 11.9. The zero-order chi connectivity index (χ0) is 18.4. The van der Waals surface area contributed by atoms with Gasteiger partial charge in [-0.1, -0.05) is 20.8 Å². The Labute approximate surface area is 144 Å². The molecular formula is C19H20FN3O2. The molecule has 3 aromatic rings. The molecule has 0 saturated carbocycles. The molecule has 2 aromatic heterocycles. The predicted octanol–water partition coefficient (Wildman–Crippen LogP) is 3.02. The number of hydrogen-bond donors (Lipinski definition) is 1. The van der Waals surface area contributed by atoms with Crippen LogP contribution in [0.2, 0.25) is 0 Å². The van der Waals surface area contributed by atoms with E-state index in [4.69, 9.17) is 0 Å². The molecule has 0 spiro atoms. The Bertz CT molecular complexity index is 1020. The Hall–Kier alpha value is -2.60. The average molecular weight is 341 g/mol. The van der Waals surface area contributed by atoms with Crippen LogP contribution in [0, 0.1) is 12.7 Å². The number of aryl methyl sites for hydroxylation is 1. The maximum absolute atomic E-state index is 14.7. The summed E-state index contributed by atoms with van der Waals surface area (Å²) in [5, 5.41) is 14.2. The largest absolute Gasteiger partial charge is 0.392 e. The molecule has 5 nitrogen and oxygen atoms in total. The fraction of sp³-hybridized carbons (Fsp3) is 0.316. The van der Waals surface area contributed by atoms with Crippen LogP contribution >= 0.6 is 0 Å². The van der Waals surface area contributed by atoms with Crippen molar-refractivity contribution in [2.24, 2.45) is 0 Å². The van der Waals surface area contributed by atoms with Crippen LogP contribution in [0.5, 0.6) is 0 Å². The van der Waals surface area contributed by atoms with Gasteiger partial charge >= 0.3 is 0 Å². The van der Waals surface area contributed by atoms with Crippen molar-refractivity contribution in [2.75, 3.05) is 0 Å². The monoisotopic (exact) mass is 341 g/mol. The molecule has 0 saturated heterocycles. The highest BCUT2D eigenvalue weighted by Gasteiger charge is 2.20. The molecule has 0 bridgehead atoms. The summed E-state index contributed by atoms with van der Waals surface area (Å²) in [5.41, 5.74) is 1.23. The molecule has 3 rings (SSSR count). The predicted molar refractivity (Wildman–Crippen MR) is 94.5 cm³/mol. The van der Waals surface area contributed by atoms with Gasteiger partial charge in [0, 0.05) is 17.1 Å². The fourth-order valence-corrected chi connectivity index (χ4v) is 2.77. The van der Waals surface area contributed by atoms with Crippen molar-refractivity contribution in [3.05, 3.63) is 63.5 Å². The van der Waals surface area contributed by atoms with Crippen LogP contribution in [0.25, 0.3) is 16.6 Å². The molecular weight excluding hydrogens is 321 g/mol. The van der Waals surface area contributed by atoms with E-state index >= 15 is 0 Å². The van der Waals surface area contributed by atoms with E-state index in [1.165, 1.54) is 18.5 Å². The summed E-state index contributed by atoms with van der Waals surface area (Å²) in [7, 11) is 0. The highest BCUT2D eigenvalue weighted by molar-refractivity contribution is 5.82. The maximum atomic E-state index is 14.7. The van der Waals surface area contributed by atoms with Crippen LogP contribution in [0.1, 0.15) is 37.5 Å². The van der Waals surface area contributed by atoms with Crippen molar-refractivity contribution >= 4 is 10.8 Å². The van der Waals surface area contributed by atoms with E-state index in [1.807, 2.05) is 20.8 Å². The standard InChI is InChI=1S/C19H20FN3O2/c1-11-5-6-21-17(14(11)10-24)23-18(25)16-12(9-22-23)7-13(8-15(16)20)19(2,3)4/h5-9,24H,10H2,1-4H3. The van der Waals surface area contributed by atoms with Crippen molar-refractivity contribution < 1.29 is 9.50 Å². The van der Waals surface area contributed by atoms with Gasteiger partial charge in [0.25, 0.3) is 5.56 Å². The molecule has 25 heavy (non-hydrogen) atoms. The number of fused-ring (bicyclic) bond motifs is 1.